The Balaban J connectivity index is 2.05. The van der Waals surface area contributed by atoms with Gasteiger partial charge in [-0.1, -0.05) is 0 Å². The van der Waals surface area contributed by atoms with E-state index in [0.29, 0.717) is 41.8 Å². The van der Waals surface area contributed by atoms with E-state index in [1.54, 1.807) is 25.1 Å². The molecule has 1 fully saturated rings. The summed E-state index contributed by atoms with van der Waals surface area (Å²) >= 11 is 0. The van der Waals surface area contributed by atoms with Gasteiger partial charge in [-0.3, -0.25) is 0 Å². The lowest BCUT2D eigenvalue weighted by Crippen LogP contribution is -2.32. The van der Waals surface area contributed by atoms with Crippen molar-refractivity contribution in [3.63, 3.8) is 0 Å². The van der Waals surface area contributed by atoms with Crippen LogP contribution in [0.5, 0.6) is 0 Å². The summed E-state index contributed by atoms with van der Waals surface area (Å²) in [6, 6.07) is 4.83. The molecule has 0 spiro atoms. The van der Waals surface area contributed by atoms with E-state index in [0.717, 1.165) is 12.8 Å². The molecule has 6 heteroatoms. The Morgan fingerprint density at radius 1 is 1.37 bits per heavy atom. The minimum Gasteiger partial charge on any atom is -0.399 e. The summed E-state index contributed by atoms with van der Waals surface area (Å²) in [6.07, 6.45) is 1.81. The largest absolute Gasteiger partial charge is 0.399 e. The summed E-state index contributed by atoms with van der Waals surface area (Å²) in [5.74, 6) is 0.359. The predicted octanol–water partition coefficient (Wildman–Crippen LogP) is 1.28. The molecule has 0 aliphatic carbocycles. The molecule has 0 aromatic heterocycles. The van der Waals surface area contributed by atoms with Gasteiger partial charge in [0.05, 0.1) is 4.90 Å². The summed E-state index contributed by atoms with van der Waals surface area (Å²) in [6.45, 7) is 3.65. The molecule has 2 rings (SSSR count). The van der Waals surface area contributed by atoms with Crippen LogP contribution in [0.4, 0.5) is 5.69 Å². The third kappa shape index (κ3) is 3.68. The number of hydrogen-bond acceptors (Lipinski definition) is 4. The van der Waals surface area contributed by atoms with E-state index >= 15 is 0 Å². The van der Waals surface area contributed by atoms with Crippen LogP contribution in [0.3, 0.4) is 0 Å². The molecule has 1 aliphatic rings. The van der Waals surface area contributed by atoms with E-state index in [-0.39, 0.29) is 0 Å². The molecule has 19 heavy (non-hydrogen) atoms. The van der Waals surface area contributed by atoms with E-state index in [9.17, 15) is 8.42 Å². The lowest BCUT2D eigenvalue weighted by molar-refractivity contribution is 0.0678. The Hall–Kier alpha value is -1.11. The van der Waals surface area contributed by atoms with Crippen LogP contribution >= 0.6 is 0 Å². The number of nitrogen functional groups attached to an aromatic ring is 1. The van der Waals surface area contributed by atoms with Crippen molar-refractivity contribution in [2.75, 3.05) is 25.5 Å². The van der Waals surface area contributed by atoms with Gasteiger partial charge < -0.3 is 10.5 Å². The van der Waals surface area contributed by atoms with Gasteiger partial charge >= 0.3 is 0 Å². The topological polar surface area (TPSA) is 81.4 Å². The molecule has 5 nitrogen and oxygen atoms in total. The van der Waals surface area contributed by atoms with Gasteiger partial charge in [-0.2, -0.15) is 0 Å². The third-order valence-corrected chi connectivity index (χ3v) is 4.98. The highest BCUT2D eigenvalue weighted by Crippen LogP contribution is 2.19. The van der Waals surface area contributed by atoms with Gasteiger partial charge in [0.15, 0.2) is 0 Å². The van der Waals surface area contributed by atoms with Crippen LogP contribution in [0.25, 0.3) is 0 Å². The van der Waals surface area contributed by atoms with Crippen LogP contribution in [0, 0.1) is 12.8 Å². The second-order valence-corrected chi connectivity index (χ2v) is 6.67. The van der Waals surface area contributed by atoms with Crippen molar-refractivity contribution < 1.29 is 13.2 Å². The monoisotopic (exact) mass is 284 g/mol. The molecule has 0 radical (unpaired) electrons. The number of nitrogens with two attached hydrogens (primary N) is 1. The molecule has 0 amide bonds. The number of nitrogens with one attached hydrogen (secondary N) is 1. The Labute approximate surface area is 114 Å². The Bertz CT molecular complexity index is 537. The van der Waals surface area contributed by atoms with E-state index in [4.69, 9.17) is 10.5 Å². The quantitative estimate of drug-likeness (QED) is 0.816. The lowest BCUT2D eigenvalue weighted by Gasteiger charge is -2.22. The molecule has 1 aromatic rings. The van der Waals surface area contributed by atoms with Crippen molar-refractivity contribution in [2.24, 2.45) is 5.92 Å². The summed E-state index contributed by atoms with van der Waals surface area (Å²) in [5.41, 5.74) is 6.87. The van der Waals surface area contributed by atoms with Gasteiger partial charge in [-0.25, -0.2) is 13.1 Å². The van der Waals surface area contributed by atoms with Crippen molar-refractivity contribution in [3.8, 4) is 0 Å². The SMILES string of the molecule is Cc1cc(N)ccc1S(=O)(=O)NCC1CCOCC1. The molecule has 1 aromatic carbocycles. The number of aryl methyl sites for hydroxylation is 1. The highest BCUT2D eigenvalue weighted by Gasteiger charge is 2.20. The maximum atomic E-state index is 12.2. The average molecular weight is 284 g/mol. The van der Waals surface area contributed by atoms with Gasteiger partial charge in [0, 0.05) is 25.4 Å². The highest BCUT2D eigenvalue weighted by atomic mass is 32.2. The summed E-state index contributed by atoms with van der Waals surface area (Å²) < 4.78 is 32.4. The fourth-order valence-corrected chi connectivity index (χ4v) is 3.57. The van der Waals surface area contributed by atoms with E-state index in [2.05, 4.69) is 4.72 Å². The van der Waals surface area contributed by atoms with Gasteiger partial charge in [0.1, 0.15) is 0 Å². The molecule has 1 heterocycles. The Morgan fingerprint density at radius 3 is 2.68 bits per heavy atom. The Morgan fingerprint density at radius 2 is 2.05 bits per heavy atom. The fourth-order valence-electron chi connectivity index (χ4n) is 2.23. The van der Waals surface area contributed by atoms with Crippen LogP contribution in [0.1, 0.15) is 18.4 Å². The molecule has 1 aliphatic heterocycles. The van der Waals surface area contributed by atoms with Crippen LogP contribution < -0.4 is 10.5 Å². The second-order valence-electron chi connectivity index (χ2n) is 4.93. The van der Waals surface area contributed by atoms with Crippen molar-refractivity contribution >= 4 is 15.7 Å². The molecule has 106 valence electrons. The highest BCUT2D eigenvalue weighted by molar-refractivity contribution is 7.89. The first-order valence-electron chi connectivity index (χ1n) is 6.42. The maximum absolute atomic E-state index is 12.2. The summed E-state index contributed by atoms with van der Waals surface area (Å²) in [7, 11) is -3.45. The number of benzene rings is 1. The lowest BCUT2D eigenvalue weighted by atomic mass is 10.0. The van der Waals surface area contributed by atoms with Gasteiger partial charge in [0.2, 0.25) is 10.0 Å². The number of rotatable bonds is 4. The van der Waals surface area contributed by atoms with Crippen molar-refractivity contribution in [1.29, 1.82) is 0 Å². The molecule has 0 atom stereocenters. The van der Waals surface area contributed by atoms with Crippen molar-refractivity contribution in [2.45, 2.75) is 24.7 Å². The molecular formula is C13H20N2O3S. The molecule has 0 saturated carbocycles. The zero-order chi connectivity index (χ0) is 13.9. The van der Waals surface area contributed by atoms with Gasteiger partial charge in [-0.15, -0.1) is 0 Å². The zero-order valence-corrected chi connectivity index (χ0v) is 11.9. The summed E-state index contributed by atoms with van der Waals surface area (Å²) in [4.78, 5) is 0.300. The number of sulfonamides is 1. The molecule has 3 N–H and O–H groups in total. The van der Waals surface area contributed by atoms with Crippen LogP contribution in [-0.2, 0) is 14.8 Å². The molecular weight excluding hydrogens is 264 g/mol. The van der Waals surface area contributed by atoms with Gasteiger partial charge in [-0.05, 0) is 49.4 Å². The normalized spacial score (nSPS) is 17.5. The zero-order valence-electron chi connectivity index (χ0n) is 11.1. The molecule has 0 bridgehead atoms. The number of hydrogen-bond donors (Lipinski definition) is 2. The van der Waals surface area contributed by atoms with Crippen molar-refractivity contribution in [1.82, 2.24) is 4.72 Å². The summed E-state index contributed by atoms with van der Waals surface area (Å²) in [5, 5.41) is 0. The average Bonchev–Trinajstić information content (AvgIpc) is 2.37. The predicted molar refractivity (Wildman–Crippen MR) is 74.3 cm³/mol. The van der Waals surface area contributed by atoms with E-state index < -0.39 is 10.0 Å². The Kier molecular flexibility index (Phi) is 4.44. The number of anilines is 1. The maximum Gasteiger partial charge on any atom is 0.240 e. The first kappa shape index (κ1) is 14.3. The minimum atomic E-state index is -3.45. The van der Waals surface area contributed by atoms with Crippen LogP contribution in [0.2, 0.25) is 0 Å². The minimum absolute atomic E-state index is 0.300. The van der Waals surface area contributed by atoms with Crippen LogP contribution in [0.15, 0.2) is 23.1 Å². The first-order chi connectivity index (χ1) is 8.99. The molecule has 0 unspecified atom stereocenters. The smallest absolute Gasteiger partial charge is 0.240 e. The van der Waals surface area contributed by atoms with E-state index in [1.165, 1.54) is 0 Å². The second kappa shape index (κ2) is 5.90. The third-order valence-electron chi connectivity index (χ3n) is 3.39. The first-order valence-corrected chi connectivity index (χ1v) is 7.91. The van der Waals surface area contributed by atoms with Crippen LogP contribution in [-0.4, -0.2) is 28.2 Å². The van der Waals surface area contributed by atoms with Crippen molar-refractivity contribution in [3.05, 3.63) is 23.8 Å². The van der Waals surface area contributed by atoms with E-state index in [1.807, 2.05) is 0 Å². The fraction of sp³-hybridized carbons (Fsp3) is 0.538. The van der Waals surface area contributed by atoms with Gasteiger partial charge in [0.25, 0.3) is 0 Å². The molecule has 1 saturated heterocycles. The standard InChI is InChI=1S/C13H20N2O3S/c1-10-8-12(14)2-3-13(10)19(16,17)15-9-11-4-6-18-7-5-11/h2-3,8,11,15H,4-7,9,14H2,1H3. The number of ether oxygens (including phenoxy) is 1.